The third-order valence-electron chi connectivity index (χ3n) is 4.56. The Morgan fingerprint density at radius 1 is 1.45 bits per heavy atom. The number of fused-ring (bicyclic) bond motifs is 1. The van der Waals surface area contributed by atoms with E-state index in [1.807, 2.05) is 0 Å². The lowest BCUT2D eigenvalue weighted by Gasteiger charge is -2.49. The van der Waals surface area contributed by atoms with Crippen LogP contribution in [0.4, 0.5) is 11.1 Å². The fraction of sp³-hybridized carbons (Fsp3) is 0.312. The number of anilines is 2. The Labute approximate surface area is 198 Å². The maximum atomic E-state index is 12.8. The first-order chi connectivity index (χ1) is 15.8. The molecule has 0 radical (unpaired) electrons. The highest BCUT2D eigenvalue weighted by molar-refractivity contribution is 8.01. The number of H-pyrrole nitrogens is 1. The number of aromatic nitrogens is 4. The second kappa shape index (κ2) is 9.28. The van der Waals surface area contributed by atoms with Gasteiger partial charge >= 0.3 is 5.97 Å². The van der Waals surface area contributed by atoms with Crippen LogP contribution >= 0.6 is 34.9 Å². The van der Waals surface area contributed by atoms with Crippen LogP contribution in [0.5, 0.6) is 0 Å². The number of hydrogen-bond acceptors (Lipinski definition) is 13. The van der Waals surface area contributed by atoms with E-state index in [0.717, 1.165) is 11.3 Å². The molecule has 0 aliphatic carbocycles. The van der Waals surface area contributed by atoms with Crippen molar-refractivity contribution in [3.63, 3.8) is 0 Å². The number of rotatable bonds is 8. The van der Waals surface area contributed by atoms with Crippen molar-refractivity contribution >= 4 is 69.4 Å². The van der Waals surface area contributed by atoms with E-state index >= 15 is 0 Å². The summed E-state index contributed by atoms with van der Waals surface area (Å²) in [7, 11) is 1.27. The van der Waals surface area contributed by atoms with Crippen LogP contribution < -0.4 is 16.8 Å². The molecule has 1 saturated heterocycles. The summed E-state index contributed by atoms with van der Waals surface area (Å²) in [5, 5.41) is 24.0. The Balaban J connectivity index is 1.49. The first kappa shape index (κ1) is 22.9. The van der Waals surface area contributed by atoms with E-state index in [9.17, 15) is 19.5 Å². The van der Waals surface area contributed by atoms with E-state index in [4.69, 9.17) is 16.3 Å². The van der Waals surface area contributed by atoms with Crippen LogP contribution in [0.2, 0.25) is 0 Å². The van der Waals surface area contributed by atoms with Crippen LogP contribution in [0.25, 0.3) is 0 Å². The number of thioether (sulfide) groups is 2. The van der Waals surface area contributed by atoms with Crippen molar-refractivity contribution in [2.45, 2.75) is 16.6 Å². The van der Waals surface area contributed by atoms with Gasteiger partial charge in [0.2, 0.25) is 11.1 Å². The van der Waals surface area contributed by atoms with E-state index in [-0.39, 0.29) is 33.9 Å². The molecule has 2 aromatic heterocycles. The molecule has 2 amide bonds. The van der Waals surface area contributed by atoms with E-state index in [2.05, 4.69) is 30.6 Å². The average Bonchev–Trinajstić information content (AvgIpc) is 3.40. The molecule has 0 saturated carbocycles. The van der Waals surface area contributed by atoms with Gasteiger partial charge in [-0.2, -0.15) is 4.98 Å². The summed E-state index contributed by atoms with van der Waals surface area (Å²) in [6.07, 6.45) is 0. The molecule has 1 fully saturated rings. The predicted molar refractivity (Wildman–Crippen MR) is 121 cm³/mol. The Morgan fingerprint density at radius 3 is 2.85 bits per heavy atom. The first-order valence-corrected chi connectivity index (χ1v) is 12.1. The van der Waals surface area contributed by atoms with Crippen LogP contribution in [0.15, 0.2) is 27.0 Å². The summed E-state index contributed by atoms with van der Waals surface area (Å²) in [6, 6.07) is -0.933. The number of nitrogens with one attached hydrogen (secondary N) is 2. The lowest BCUT2D eigenvalue weighted by molar-refractivity contribution is -0.150. The van der Waals surface area contributed by atoms with E-state index in [1.54, 1.807) is 0 Å². The molecule has 0 bridgehead atoms. The molecule has 17 heteroatoms. The van der Waals surface area contributed by atoms with Crippen molar-refractivity contribution < 1.29 is 24.3 Å². The molecule has 0 unspecified atom stereocenters. The monoisotopic (exact) mass is 511 g/mol. The molecule has 4 heterocycles. The van der Waals surface area contributed by atoms with Crippen molar-refractivity contribution in [3.05, 3.63) is 22.3 Å². The molecular formula is C16H17N9O5S3. The Morgan fingerprint density at radius 2 is 2.24 bits per heavy atom. The zero-order valence-corrected chi connectivity index (χ0v) is 19.3. The van der Waals surface area contributed by atoms with Crippen LogP contribution in [-0.2, 0) is 19.2 Å². The number of nitrogens with two attached hydrogens (primary N) is 2. The van der Waals surface area contributed by atoms with Gasteiger partial charge in [0, 0.05) is 16.9 Å². The fourth-order valence-electron chi connectivity index (χ4n) is 3.17. The van der Waals surface area contributed by atoms with E-state index < -0.39 is 29.2 Å². The van der Waals surface area contributed by atoms with Gasteiger partial charge in [-0.3, -0.25) is 14.5 Å². The van der Waals surface area contributed by atoms with Crippen LogP contribution in [0, 0.1) is 0 Å². The van der Waals surface area contributed by atoms with Crippen molar-refractivity contribution in [3.8, 4) is 0 Å². The van der Waals surface area contributed by atoms with Crippen LogP contribution in [0.3, 0.4) is 0 Å². The second-order valence-corrected chi connectivity index (χ2v) is 9.54. The molecule has 174 valence electrons. The molecule has 14 nitrogen and oxygen atoms in total. The summed E-state index contributed by atoms with van der Waals surface area (Å²) >= 11 is 3.66. The molecule has 33 heavy (non-hydrogen) atoms. The minimum Gasteiger partial charge on any atom is -0.477 e. The molecule has 0 aromatic carbocycles. The second-order valence-electron chi connectivity index (χ2n) is 6.60. The number of thiazole rings is 1. The Bertz CT molecular complexity index is 1180. The molecule has 7 N–H and O–H groups in total. The zero-order valence-electron chi connectivity index (χ0n) is 16.8. The smallest absolute Gasteiger partial charge is 0.352 e. The van der Waals surface area contributed by atoms with Crippen molar-refractivity contribution in [2.24, 2.45) is 5.16 Å². The molecule has 2 aliphatic heterocycles. The number of nitrogen functional groups attached to an aromatic ring is 2. The number of carbonyl (C=O) groups is 3. The lowest BCUT2D eigenvalue weighted by Crippen LogP contribution is -2.71. The van der Waals surface area contributed by atoms with Gasteiger partial charge in [-0.05, 0) is 5.57 Å². The molecule has 2 aliphatic rings. The molecule has 2 aromatic rings. The number of amides is 2. The minimum atomic E-state index is -1.23. The number of carboxylic acid groups (broad SMARTS) is 1. The van der Waals surface area contributed by atoms with Crippen LogP contribution in [-0.4, -0.2) is 83.7 Å². The number of carboxylic acids is 1. The molecule has 4 rings (SSSR count). The summed E-state index contributed by atoms with van der Waals surface area (Å²) in [4.78, 5) is 51.4. The van der Waals surface area contributed by atoms with Gasteiger partial charge in [-0.15, -0.1) is 28.2 Å². The summed E-state index contributed by atoms with van der Waals surface area (Å²) in [5.74, 6) is -1.71. The summed E-state index contributed by atoms with van der Waals surface area (Å²) in [6.45, 7) is 0. The maximum Gasteiger partial charge on any atom is 0.352 e. The Kier molecular flexibility index (Phi) is 6.43. The molecule has 0 spiro atoms. The normalized spacial score (nSPS) is 20.3. The van der Waals surface area contributed by atoms with E-state index in [1.165, 1.54) is 40.9 Å². The number of aromatic amines is 1. The number of hydrogen-bond donors (Lipinski definition) is 5. The average molecular weight is 512 g/mol. The van der Waals surface area contributed by atoms with E-state index in [0.29, 0.717) is 16.5 Å². The van der Waals surface area contributed by atoms with Gasteiger partial charge in [0.05, 0.1) is 0 Å². The largest absolute Gasteiger partial charge is 0.477 e. The highest BCUT2D eigenvalue weighted by Gasteiger charge is 2.54. The standard InChI is InChI=1S/C16H17N9O5S3/c1-30-24-7(6-4-32-15(18)19-6)10(26)20-8-11(27)25-9(13(28)29)5(2-31-12(8)25)3-33-16-21-14(17)22-23-16/h4,8,12H,2-3H2,1H3,(H2,18,19)(H,20,26)(H,28,29)(H3,17,21,22,23)/t8-,12+/m1/s1. The molecule has 2 atom stereocenters. The number of aliphatic carboxylic acids is 1. The van der Waals surface area contributed by atoms with Gasteiger partial charge in [0.25, 0.3) is 11.8 Å². The number of carbonyl (C=O) groups excluding carboxylic acids is 2. The first-order valence-electron chi connectivity index (χ1n) is 9.14. The topological polar surface area (TPSA) is 215 Å². The zero-order chi connectivity index (χ0) is 23.7. The quantitative estimate of drug-likeness (QED) is 0.129. The molecular weight excluding hydrogens is 494 g/mol. The van der Waals surface area contributed by atoms with Crippen molar-refractivity contribution in [1.29, 1.82) is 0 Å². The highest BCUT2D eigenvalue weighted by Crippen LogP contribution is 2.41. The summed E-state index contributed by atoms with van der Waals surface area (Å²) < 4.78 is 0. The minimum absolute atomic E-state index is 0.108. The number of oxime groups is 1. The van der Waals surface area contributed by atoms with Gasteiger partial charge in [0.1, 0.15) is 29.9 Å². The third-order valence-corrected chi connectivity index (χ3v) is 7.50. The summed E-state index contributed by atoms with van der Waals surface area (Å²) in [5.41, 5.74) is 11.6. The van der Waals surface area contributed by atoms with Crippen LogP contribution in [0.1, 0.15) is 5.69 Å². The Hall–Kier alpha value is -3.31. The van der Waals surface area contributed by atoms with Gasteiger partial charge in [-0.1, -0.05) is 16.9 Å². The van der Waals surface area contributed by atoms with Gasteiger partial charge in [-0.25, -0.2) is 14.9 Å². The van der Waals surface area contributed by atoms with Crippen molar-refractivity contribution in [2.75, 3.05) is 30.1 Å². The van der Waals surface area contributed by atoms with Crippen molar-refractivity contribution in [1.82, 2.24) is 30.4 Å². The lowest BCUT2D eigenvalue weighted by atomic mass is 10.0. The fourth-order valence-corrected chi connectivity index (χ4v) is 6.01. The third kappa shape index (κ3) is 4.46. The number of β-lactam (4-membered cyclic amide) rings is 1. The van der Waals surface area contributed by atoms with Gasteiger partial charge < -0.3 is 26.7 Å². The SMILES string of the molecule is CON=C(C(=O)N[C@@H]1C(=O)N2C(C(=O)O)=C(CSc3n[nH]c(N)n3)CS[C@@H]12)c1csc(N)n1. The highest BCUT2D eigenvalue weighted by atomic mass is 32.2. The maximum absolute atomic E-state index is 12.8. The number of nitrogens with zero attached hydrogens (tertiary/aromatic N) is 5. The van der Waals surface area contributed by atoms with Gasteiger partial charge in [0.15, 0.2) is 10.8 Å². The predicted octanol–water partition coefficient (Wildman–Crippen LogP) is -0.693.